The van der Waals surface area contributed by atoms with Crippen LogP contribution in [-0.2, 0) is 6.42 Å². The molecule has 0 aliphatic carbocycles. The lowest BCUT2D eigenvalue weighted by Gasteiger charge is -2.22. The van der Waals surface area contributed by atoms with Crippen LogP contribution in [0.1, 0.15) is 35.2 Å². The van der Waals surface area contributed by atoms with Crippen LogP contribution in [0.2, 0.25) is 0 Å². The highest BCUT2D eigenvalue weighted by atomic mass is 35.5. The minimum atomic E-state index is -0.597. The van der Waals surface area contributed by atoms with E-state index in [1.807, 2.05) is 48.5 Å². The van der Waals surface area contributed by atoms with Crippen LogP contribution < -0.4 is 10.1 Å². The molecule has 0 saturated carbocycles. The molecule has 29 heavy (non-hydrogen) atoms. The van der Waals surface area contributed by atoms with Crippen molar-refractivity contribution < 1.29 is 9.84 Å². The first kappa shape index (κ1) is 23.0. The molecule has 0 radical (unpaired) electrons. The molecule has 0 aliphatic rings. The average molecular weight is 412 g/mol. The minimum Gasteiger partial charge on any atom is -0.491 e. The molecule has 0 aliphatic heterocycles. The second-order valence-corrected chi connectivity index (χ2v) is 7.14. The molecule has 3 rings (SSSR count). The van der Waals surface area contributed by atoms with Crippen LogP contribution in [0.15, 0.2) is 78.9 Å². The fourth-order valence-electron chi connectivity index (χ4n) is 3.34. The summed E-state index contributed by atoms with van der Waals surface area (Å²) in [7, 11) is 0. The van der Waals surface area contributed by atoms with E-state index < -0.39 is 6.10 Å². The fourth-order valence-corrected chi connectivity index (χ4v) is 3.34. The van der Waals surface area contributed by atoms with Crippen LogP contribution in [-0.4, -0.2) is 24.4 Å². The van der Waals surface area contributed by atoms with Gasteiger partial charge in [-0.3, -0.25) is 0 Å². The number of benzene rings is 3. The predicted octanol–water partition coefficient (Wildman–Crippen LogP) is 5.10. The van der Waals surface area contributed by atoms with Crippen LogP contribution in [0.4, 0.5) is 0 Å². The van der Waals surface area contributed by atoms with E-state index >= 15 is 0 Å². The smallest absolute Gasteiger partial charge is 0.119 e. The molecule has 0 spiro atoms. The van der Waals surface area contributed by atoms with E-state index in [2.05, 4.69) is 49.5 Å². The Morgan fingerprint density at radius 2 is 1.48 bits per heavy atom. The molecule has 0 saturated heterocycles. The molecular formula is C25H30ClNO2. The third kappa shape index (κ3) is 6.90. The van der Waals surface area contributed by atoms with Crippen molar-refractivity contribution in [1.82, 2.24) is 5.32 Å². The first-order valence-electron chi connectivity index (χ1n) is 9.90. The Morgan fingerprint density at radius 1 is 0.897 bits per heavy atom. The number of ether oxygens (including phenoxy) is 1. The summed E-state index contributed by atoms with van der Waals surface area (Å²) in [5, 5.41) is 14.0. The largest absolute Gasteiger partial charge is 0.491 e. The second kappa shape index (κ2) is 11.6. The highest BCUT2D eigenvalue weighted by Crippen LogP contribution is 2.22. The number of aryl methyl sites for hydroxylation is 2. The molecule has 3 nitrogen and oxygen atoms in total. The number of aliphatic hydroxyl groups excluding tert-OH is 1. The molecule has 154 valence electrons. The summed E-state index contributed by atoms with van der Waals surface area (Å²) in [6, 6.07) is 26.8. The van der Waals surface area contributed by atoms with Crippen molar-refractivity contribution in [3.8, 4) is 5.75 Å². The molecular weight excluding hydrogens is 382 g/mol. The highest BCUT2D eigenvalue weighted by Gasteiger charge is 2.15. The average Bonchev–Trinajstić information content (AvgIpc) is 2.73. The summed E-state index contributed by atoms with van der Waals surface area (Å²) in [5.41, 5.74) is 4.77. The Bertz CT molecular complexity index is 816. The summed E-state index contributed by atoms with van der Waals surface area (Å²) in [4.78, 5) is 0. The SMILES string of the molecule is CCc1cc(C)cc(OCC(O)CNC(c2ccccc2)c2ccccc2)c1.Cl. The minimum absolute atomic E-state index is 0. The molecule has 2 N–H and O–H groups in total. The number of nitrogens with one attached hydrogen (secondary N) is 1. The van der Waals surface area contributed by atoms with Gasteiger partial charge < -0.3 is 15.2 Å². The van der Waals surface area contributed by atoms with E-state index in [0.29, 0.717) is 6.54 Å². The fraction of sp³-hybridized carbons (Fsp3) is 0.280. The van der Waals surface area contributed by atoms with Gasteiger partial charge in [0.1, 0.15) is 18.5 Å². The van der Waals surface area contributed by atoms with E-state index in [4.69, 9.17) is 4.74 Å². The normalized spacial score (nSPS) is 11.7. The van der Waals surface area contributed by atoms with Crippen LogP contribution >= 0.6 is 12.4 Å². The quantitative estimate of drug-likeness (QED) is 0.514. The van der Waals surface area contributed by atoms with Crippen molar-refractivity contribution in [1.29, 1.82) is 0 Å². The lowest BCUT2D eigenvalue weighted by Crippen LogP contribution is -2.34. The molecule has 0 aromatic heterocycles. The van der Waals surface area contributed by atoms with Crippen LogP contribution in [0.5, 0.6) is 5.75 Å². The zero-order chi connectivity index (χ0) is 19.8. The molecule has 0 fully saturated rings. The van der Waals surface area contributed by atoms with Crippen LogP contribution in [0.25, 0.3) is 0 Å². The topological polar surface area (TPSA) is 41.5 Å². The molecule has 1 atom stereocenters. The van der Waals surface area contributed by atoms with E-state index in [0.717, 1.165) is 12.2 Å². The van der Waals surface area contributed by atoms with Gasteiger partial charge in [0.2, 0.25) is 0 Å². The lowest BCUT2D eigenvalue weighted by atomic mass is 9.98. The highest BCUT2D eigenvalue weighted by molar-refractivity contribution is 5.85. The number of hydrogen-bond donors (Lipinski definition) is 2. The van der Waals surface area contributed by atoms with Gasteiger partial charge in [-0.1, -0.05) is 73.7 Å². The molecule has 4 heteroatoms. The van der Waals surface area contributed by atoms with E-state index in [9.17, 15) is 5.11 Å². The summed E-state index contributed by atoms with van der Waals surface area (Å²) in [5.74, 6) is 0.818. The number of hydrogen-bond acceptors (Lipinski definition) is 3. The van der Waals surface area contributed by atoms with Crippen molar-refractivity contribution in [2.45, 2.75) is 32.4 Å². The Labute approximate surface area is 180 Å². The van der Waals surface area contributed by atoms with Crippen LogP contribution in [0.3, 0.4) is 0 Å². The number of aliphatic hydroxyl groups is 1. The van der Waals surface area contributed by atoms with Gasteiger partial charge in [0.15, 0.2) is 0 Å². The second-order valence-electron chi connectivity index (χ2n) is 7.14. The Morgan fingerprint density at radius 3 is 2.03 bits per heavy atom. The van der Waals surface area contributed by atoms with Gasteiger partial charge in [-0.25, -0.2) is 0 Å². The van der Waals surface area contributed by atoms with Gasteiger partial charge >= 0.3 is 0 Å². The van der Waals surface area contributed by atoms with Crippen LogP contribution in [0, 0.1) is 6.92 Å². The maximum atomic E-state index is 10.5. The maximum absolute atomic E-state index is 10.5. The van der Waals surface area contributed by atoms with Gasteiger partial charge in [0.05, 0.1) is 6.04 Å². The van der Waals surface area contributed by atoms with Crippen molar-refractivity contribution in [2.24, 2.45) is 0 Å². The summed E-state index contributed by atoms with van der Waals surface area (Å²) in [6.07, 6.45) is 0.373. The third-order valence-electron chi connectivity index (χ3n) is 4.78. The van der Waals surface area contributed by atoms with Gasteiger partial charge in [-0.05, 0) is 47.7 Å². The van der Waals surface area contributed by atoms with E-state index in [1.165, 1.54) is 22.3 Å². The van der Waals surface area contributed by atoms with Gasteiger partial charge in [-0.15, -0.1) is 12.4 Å². The van der Waals surface area contributed by atoms with Crippen molar-refractivity contribution in [3.05, 3.63) is 101 Å². The standard InChI is InChI=1S/C25H29NO2.ClH/c1-3-20-14-19(2)15-24(16-20)28-18-23(27)17-26-25(21-10-6-4-7-11-21)22-12-8-5-9-13-22;/h4-16,23,25-27H,3,17-18H2,1-2H3;1H. The Balaban J connectivity index is 0.00000300. The molecule has 0 heterocycles. The first-order valence-corrected chi connectivity index (χ1v) is 9.90. The lowest BCUT2D eigenvalue weighted by molar-refractivity contribution is 0.104. The monoisotopic (exact) mass is 411 g/mol. The number of rotatable bonds is 9. The molecule has 3 aromatic carbocycles. The van der Waals surface area contributed by atoms with E-state index in [1.54, 1.807) is 0 Å². The summed E-state index contributed by atoms with van der Waals surface area (Å²) < 4.78 is 5.84. The van der Waals surface area contributed by atoms with Gasteiger partial charge in [0.25, 0.3) is 0 Å². The zero-order valence-electron chi connectivity index (χ0n) is 17.0. The third-order valence-corrected chi connectivity index (χ3v) is 4.78. The molecule has 3 aromatic rings. The summed E-state index contributed by atoms with van der Waals surface area (Å²) in [6.45, 7) is 4.90. The van der Waals surface area contributed by atoms with Crippen molar-refractivity contribution in [3.63, 3.8) is 0 Å². The first-order chi connectivity index (χ1) is 13.7. The van der Waals surface area contributed by atoms with Gasteiger partial charge in [-0.2, -0.15) is 0 Å². The zero-order valence-corrected chi connectivity index (χ0v) is 17.9. The molecule has 0 amide bonds. The van der Waals surface area contributed by atoms with Gasteiger partial charge in [0, 0.05) is 6.54 Å². The Kier molecular flexibility index (Phi) is 9.20. The van der Waals surface area contributed by atoms with E-state index in [-0.39, 0.29) is 25.1 Å². The molecule has 0 bridgehead atoms. The van der Waals surface area contributed by atoms with Crippen molar-refractivity contribution in [2.75, 3.05) is 13.2 Å². The van der Waals surface area contributed by atoms with Crippen molar-refractivity contribution >= 4 is 12.4 Å². The molecule has 1 unspecified atom stereocenters. The number of halogens is 1. The predicted molar refractivity (Wildman–Crippen MR) is 122 cm³/mol. The maximum Gasteiger partial charge on any atom is 0.119 e. The Hall–Kier alpha value is -2.33. The summed E-state index contributed by atoms with van der Waals surface area (Å²) >= 11 is 0.